The lowest BCUT2D eigenvalue weighted by molar-refractivity contribution is -0.0227. The van der Waals surface area contributed by atoms with Crippen LogP contribution in [0.2, 0.25) is 0 Å². The quantitative estimate of drug-likeness (QED) is 0.173. The van der Waals surface area contributed by atoms with Crippen molar-refractivity contribution in [1.29, 1.82) is 0 Å². The van der Waals surface area contributed by atoms with Crippen LogP contribution in [-0.2, 0) is 56.4 Å². The van der Waals surface area contributed by atoms with Crippen LogP contribution in [0.5, 0.6) is 0 Å². The van der Waals surface area contributed by atoms with E-state index in [1.165, 1.54) is 205 Å². The van der Waals surface area contributed by atoms with Crippen LogP contribution in [0.25, 0.3) is 66.6 Å². The Morgan fingerprint density at radius 1 is 0.328 bits per heavy atom. The third kappa shape index (κ3) is 23.0. The van der Waals surface area contributed by atoms with Crippen LogP contribution in [0.15, 0.2) is 115 Å². The van der Waals surface area contributed by atoms with Gasteiger partial charge in [-0.2, -0.15) is 10.2 Å². The molecule has 6 aromatic carbocycles. The average Bonchev–Trinajstić information content (AvgIpc) is 1.61. The molecule has 654 valence electrons. The Morgan fingerprint density at radius 2 is 0.803 bits per heavy atom. The van der Waals surface area contributed by atoms with Crippen molar-refractivity contribution in [1.82, 2.24) is 96.5 Å². The molecule has 14 aromatic rings. The molecule has 0 spiro atoms. The molecule has 0 radical (unpaired) electrons. The highest BCUT2D eigenvalue weighted by atomic mass is 16.3. The number of nitrogens with zero attached hydrogens (tertiary/aromatic N) is 20. The minimum Gasteiger partial charge on any atom is -0.392 e. The van der Waals surface area contributed by atoms with Gasteiger partial charge in [0.15, 0.2) is 0 Å². The predicted octanol–water partition coefficient (Wildman–Crippen LogP) is 18.6. The smallest absolute Gasteiger partial charge is 0.106 e. The largest absolute Gasteiger partial charge is 0.392 e. The number of piperidine rings is 6. The number of rotatable bonds is 2. The van der Waals surface area contributed by atoms with E-state index in [1.54, 1.807) is 0 Å². The molecular weight excluding hydrogens is 1510 g/mol. The highest BCUT2D eigenvalue weighted by molar-refractivity contribution is 5.86. The van der Waals surface area contributed by atoms with Crippen molar-refractivity contribution in [2.24, 2.45) is 68.2 Å². The monoisotopic (exact) mass is 1650 g/mol. The summed E-state index contributed by atoms with van der Waals surface area (Å²) in [6, 6.07) is 39.6. The van der Waals surface area contributed by atoms with Crippen molar-refractivity contribution in [3.63, 3.8) is 0 Å². The molecule has 0 aliphatic carbocycles. The van der Waals surface area contributed by atoms with E-state index in [0.717, 1.165) is 97.8 Å². The third-order valence-corrected chi connectivity index (χ3v) is 26.6. The predicted molar refractivity (Wildman–Crippen MR) is 508 cm³/mol. The van der Waals surface area contributed by atoms with Crippen molar-refractivity contribution in [2.45, 2.75) is 184 Å². The lowest BCUT2D eigenvalue weighted by Crippen LogP contribution is -2.55. The molecule has 9 saturated heterocycles. The van der Waals surface area contributed by atoms with Gasteiger partial charge in [0.05, 0.1) is 78.7 Å². The standard InChI is InChI=1S/C17H16N2.C13H18N2.2C11H14N2.C9H10N2.2C7H12N2.C7H13NO.C7H13N.C6H12N2.C6H10N2/c1-13-18-16(14-9-5-3-6-10-14)17(19(13)2)15-11-7-4-8-12-15;1-7-8(2)10(4)13-12(9(7)3)14-11(5)15(13)6;1-7-5-8(2)11-10(6-7)12-9(3)13(11)4;1-7-5-6-8(2)11-10(7)12-9(3)13(11)4;1-7-10-8-5-3-4-6-9(8)11(7)2;1-5-6(2)9(4)7(3)8-5;1-5-6(2)8-9(4)7(5)3;9-7-5-8-3-1-6(7)2-4-8;1-4-8-5-2-7(1)3-6-8;1-2-8-5-3-7(1)4-6-8;1-5-4-6(2)8(3)7-5/h3-12H,1-2H3;1-6H3;2*5-6H,1-4H3;3-6H,1-2H3;2*1-4H3;6-7,9H,1-5H2;7H,1-6H2;1-6H2;4H,1-3H3. The number of aliphatic hydroxyl groups is 1. The molecule has 21 nitrogen and oxygen atoms in total. The van der Waals surface area contributed by atoms with Gasteiger partial charge in [-0.05, 0) is 296 Å². The number of para-hydroxylation sites is 2. The van der Waals surface area contributed by atoms with Gasteiger partial charge < -0.3 is 42.3 Å². The molecule has 122 heavy (non-hydrogen) atoms. The molecule has 0 amide bonds. The van der Waals surface area contributed by atoms with Crippen molar-refractivity contribution in [2.75, 3.05) is 78.5 Å². The van der Waals surface area contributed by atoms with Crippen LogP contribution in [0, 0.1) is 157 Å². The minimum absolute atomic E-state index is 0.00694. The third-order valence-electron chi connectivity index (χ3n) is 26.6. The van der Waals surface area contributed by atoms with Gasteiger partial charge in [0.1, 0.15) is 34.9 Å². The van der Waals surface area contributed by atoms with Gasteiger partial charge in [0.25, 0.3) is 0 Å². The van der Waals surface area contributed by atoms with Gasteiger partial charge in [-0.3, -0.25) is 19.2 Å². The van der Waals surface area contributed by atoms with E-state index in [-0.39, 0.29) is 6.10 Å². The van der Waals surface area contributed by atoms with Crippen LogP contribution in [0.4, 0.5) is 0 Å². The number of benzene rings is 6. The fourth-order valence-electron chi connectivity index (χ4n) is 17.3. The first-order valence-electron chi connectivity index (χ1n) is 44.1. The van der Waals surface area contributed by atoms with Crippen LogP contribution >= 0.6 is 0 Å². The molecule has 1 unspecified atom stereocenters. The van der Waals surface area contributed by atoms with Crippen molar-refractivity contribution in [3.8, 4) is 22.5 Å². The Balaban J connectivity index is 0.000000142. The van der Waals surface area contributed by atoms with Gasteiger partial charge in [0, 0.05) is 130 Å². The fourth-order valence-corrected chi connectivity index (χ4v) is 17.3. The van der Waals surface area contributed by atoms with E-state index in [2.05, 4.69) is 266 Å². The Hall–Kier alpha value is -10.2. The molecular formula is C101H144N20O. The van der Waals surface area contributed by atoms with Crippen LogP contribution in [0.3, 0.4) is 0 Å². The number of aliphatic hydroxyl groups excluding tert-OH is 1. The van der Waals surface area contributed by atoms with Gasteiger partial charge in [-0.15, -0.1) is 0 Å². The number of piperazine rings is 3. The second-order valence-corrected chi connectivity index (χ2v) is 34.9. The van der Waals surface area contributed by atoms with E-state index >= 15 is 0 Å². The van der Waals surface area contributed by atoms with E-state index in [9.17, 15) is 5.11 Å². The summed E-state index contributed by atoms with van der Waals surface area (Å²) in [5, 5.41) is 17.7. The Bertz CT molecular complexity index is 5580. The lowest BCUT2D eigenvalue weighted by Gasteiger charge is -2.42. The van der Waals surface area contributed by atoms with Crippen LogP contribution < -0.4 is 0 Å². The van der Waals surface area contributed by atoms with E-state index in [4.69, 9.17) is 4.98 Å². The summed E-state index contributed by atoms with van der Waals surface area (Å²) in [5.41, 5.74) is 33.0. The maximum atomic E-state index is 9.36. The molecule has 8 aromatic heterocycles. The molecule has 9 aliphatic heterocycles. The number of imidazole rings is 6. The molecule has 6 bridgehead atoms. The molecule has 9 fully saturated rings. The Labute approximate surface area is 728 Å². The lowest BCUT2D eigenvalue weighted by atomic mass is 9.86. The SMILES string of the molecule is C1CN2CCC1CC2.C1CN2CCN1CC2.Cc1c(C)c(C)c2c(nc(C)n2C)c1C.Cc1cc(C)c2c(c1)nc(C)n2C.Cc1cc(C)n(C)n1.Cc1ccc(C)c2c1nc(C)n2C.Cc1nc(-c2ccccc2)c(-c2ccccc2)n1C.Cc1nc(C)n(C)c1C.Cc1nc2ccccc2n1C.Cc1nn(C)c(C)c1C.OC1CN2CCC1CC2. The molecule has 9 aliphatic rings. The van der Waals surface area contributed by atoms with Crippen molar-refractivity contribution in [3.05, 3.63) is 234 Å². The van der Waals surface area contributed by atoms with Crippen LogP contribution in [-0.4, -0.2) is 186 Å². The molecule has 0 saturated carbocycles. The topological polar surface area (TPSA) is 176 Å². The summed E-state index contributed by atoms with van der Waals surface area (Å²) in [6.45, 7) is 59.2. The molecule has 17 heterocycles. The summed E-state index contributed by atoms with van der Waals surface area (Å²) in [4.78, 5) is 37.1. The zero-order valence-corrected chi connectivity index (χ0v) is 79.6. The van der Waals surface area contributed by atoms with Gasteiger partial charge in [-0.25, -0.2) is 29.9 Å². The first kappa shape index (κ1) is 94.1. The first-order chi connectivity index (χ1) is 57.9. The van der Waals surface area contributed by atoms with Crippen molar-refractivity contribution < 1.29 is 5.11 Å². The molecule has 23 rings (SSSR count). The minimum atomic E-state index is -0.00694. The average molecular weight is 1650 g/mol. The zero-order chi connectivity index (χ0) is 88.8. The summed E-state index contributed by atoms with van der Waals surface area (Å²) in [5.74, 6) is 8.15. The van der Waals surface area contributed by atoms with Crippen molar-refractivity contribution >= 4 is 44.1 Å². The Kier molecular flexibility index (Phi) is 32.6. The van der Waals surface area contributed by atoms with Gasteiger partial charge >= 0.3 is 0 Å². The normalized spacial score (nSPS) is 18.1. The van der Waals surface area contributed by atoms with Gasteiger partial charge in [-0.1, -0.05) is 91.0 Å². The zero-order valence-electron chi connectivity index (χ0n) is 79.6. The highest BCUT2D eigenvalue weighted by Gasteiger charge is 2.32. The Morgan fingerprint density at radius 3 is 1.22 bits per heavy atom. The summed E-state index contributed by atoms with van der Waals surface area (Å²) in [6.07, 6.45) is 6.90. The summed E-state index contributed by atoms with van der Waals surface area (Å²) >= 11 is 0. The maximum absolute atomic E-state index is 9.36. The van der Waals surface area contributed by atoms with Crippen LogP contribution in [0.1, 0.15) is 151 Å². The number of aryl methyl sites for hydroxylation is 22. The second kappa shape index (κ2) is 42.3. The number of hydrogen-bond acceptors (Lipinski definition) is 13. The number of hydrogen-bond donors (Lipinski definition) is 1. The summed E-state index contributed by atoms with van der Waals surface area (Å²) < 4.78 is 16.6. The van der Waals surface area contributed by atoms with E-state index in [0.29, 0.717) is 5.92 Å². The van der Waals surface area contributed by atoms with E-state index in [1.807, 2.05) is 142 Å². The van der Waals surface area contributed by atoms with E-state index < -0.39 is 0 Å². The number of fused-ring (bicyclic) bond motifs is 13. The second-order valence-electron chi connectivity index (χ2n) is 34.9. The molecule has 1 atom stereocenters. The molecule has 21 heteroatoms. The maximum Gasteiger partial charge on any atom is 0.106 e. The molecule has 1 N–H and O–H groups in total. The fraction of sp³-hybridized carbons (Fsp3) is 0.485. The number of aromatic nitrogens is 16. The highest BCUT2D eigenvalue weighted by Crippen LogP contribution is 2.34. The first-order valence-corrected chi connectivity index (χ1v) is 44.1. The van der Waals surface area contributed by atoms with Gasteiger partial charge in [0.2, 0.25) is 0 Å². The summed E-state index contributed by atoms with van der Waals surface area (Å²) in [7, 11) is 16.3.